The van der Waals surface area contributed by atoms with Gasteiger partial charge >= 0.3 is 12.1 Å². The minimum Gasteiger partial charge on any atom is -0.478 e. The Labute approximate surface area is 130 Å². The van der Waals surface area contributed by atoms with Crippen LogP contribution in [0.4, 0.5) is 10.5 Å². The molecule has 0 saturated heterocycles. The second-order valence-corrected chi connectivity index (χ2v) is 4.73. The van der Waals surface area contributed by atoms with Gasteiger partial charge in [0.05, 0.1) is 15.7 Å². The van der Waals surface area contributed by atoms with Crippen LogP contribution in [0.2, 0.25) is 10.0 Å². The van der Waals surface area contributed by atoms with Crippen molar-refractivity contribution in [1.82, 2.24) is 0 Å². The lowest BCUT2D eigenvalue weighted by Crippen LogP contribution is -2.19. The van der Waals surface area contributed by atoms with Crippen molar-refractivity contribution < 1.29 is 19.4 Å². The zero-order valence-electron chi connectivity index (χ0n) is 10.5. The maximum absolute atomic E-state index is 11.8. The van der Waals surface area contributed by atoms with E-state index in [2.05, 4.69) is 5.32 Å². The van der Waals surface area contributed by atoms with Gasteiger partial charge in [-0.15, -0.1) is 0 Å². The topological polar surface area (TPSA) is 75.6 Å². The molecule has 0 atom stereocenters. The molecule has 21 heavy (non-hydrogen) atoms. The number of carboxylic acids is 1. The summed E-state index contributed by atoms with van der Waals surface area (Å²) in [6, 6.07) is 11.0. The highest BCUT2D eigenvalue weighted by Crippen LogP contribution is 2.32. The summed E-state index contributed by atoms with van der Waals surface area (Å²) in [5.74, 6) is -0.998. The second kappa shape index (κ2) is 6.47. The van der Waals surface area contributed by atoms with Crippen molar-refractivity contribution in [2.75, 3.05) is 5.32 Å². The van der Waals surface area contributed by atoms with Crippen molar-refractivity contribution in [2.45, 2.75) is 0 Å². The number of carboxylic acid groups (broad SMARTS) is 1. The average molecular weight is 326 g/mol. The first-order valence-electron chi connectivity index (χ1n) is 5.74. The lowest BCUT2D eigenvalue weighted by atomic mass is 10.2. The van der Waals surface area contributed by atoms with Gasteiger partial charge in [-0.2, -0.15) is 0 Å². The van der Waals surface area contributed by atoms with Crippen molar-refractivity contribution in [3.8, 4) is 5.75 Å². The third-order valence-electron chi connectivity index (χ3n) is 2.50. The molecule has 0 saturated carbocycles. The summed E-state index contributed by atoms with van der Waals surface area (Å²) in [6.07, 6.45) is -0.868. The van der Waals surface area contributed by atoms with Gasteiger partial charge in [0, 0.05) is 0 Å². The molecule has 0 bridgehead atoms. The number of carbonyl (C=O) groups excluding carboxylic acids is 1. The number of halogens is 2. The Bertz CT molecular complexity index is 689. The van der Waals surface area contributed by atoms with Gasteiger partial charge in [-0.25, -0.2) is 9.59 Å². The standard InChI is InChI=1S/C14H9Cl2NO4/c15-9-6-7-10(16)12(11(9)13(18)19)17-14(20)21-8-4-2-1-3-5-8/h1-7H,(H,17,20)(H,18,19). The summed E-state index contributed by atoms with van der Waals surface area (Å²) in [4.78, 5) is 23.0. The highest BCUT2D eigenvalue weighted by Gasteiger charge is 2.20. The van der Waals surface area contributed by atoms with E-state index in [4.69, 9.17) is 33.0 Å². The van der Waals surface area contributed by atoms with Gasteiger partial charge < -0.3 is 9.84 Å². The molecule has 1 amide bonds. The van der Waals surface area contributed by atoms with Gasteiger partial charge in [-0.1, -0.05) is 41.4 Å². The van der Waals surface area contributed by atoms with Crippen LogP contribution in [-0.2, 0) is 0 Å². The van der Waals surface area contributed by atoms with E-state index in [9.17, 15) is 9.59 Å². The van der Waals surface area contributed by atoms with Crippen LogP contribution in [0.5, 0.6) is 5.75 Å². The molecule has 2 N–H and O–H groups in total. The Kier molecular flexibility index (Phi) is 4.67. The molecule has 0 aliphatic heterocycles. The summed E-state index contributed by atoms with van der Waals surface area (Å²) in [7, 11) is 0. The third kappa shape index (κ3) is 3.65. The van der Waals surface area contributed by atoms with Crippen LogP contribution in [-0.4, -0.2) is 17.2 Å². The SMILES string of the molecule is O=C(Nc1c(Cl)ccc(Cl)c1C(=O)O)Oc1ccccc1. The first-order chi connectivity index (χ1) is 9.99. The molecule has 0 heterocycles. The van der Waals surface area contributed by atoms with E-state index in [-0.39, 0.29) is 21.3 Å². The third-order valence-corrected chi connectivity index (χ3v) is 3.13. The molecule has 7 heteroatoms. The molecule has 0 fully saturated rings. The molecule has 0 radical (unpaired) electrons. The fourth-order valence-electron chi connectivity index (χ4n) is 1.61. The number of amides is 1. The molecule has 0 unspecified atom stereocenters. The highest BCUT2D eigenvalue weighted by atomic mass is 35.5. The molecular weight excluding hydrogens is 317 g/mol. The van der Waals surface area contributed by atoms with Crippen LogP contribution < -0.4 is 10.1 Å². The second-order valence-electron chi connectivity index (χ2n) is 3.91. The van der Waals surface area contributed by atoms with E-state index in [0.717, 1.165) is 0 Å². The van der Waals surface area contributed by atoms with Crippen LogP contribution in [0.3, 0.4) is 0 Å². The van der Waals surface area contributed by atoms with Crippen molar-refractivity contribution in [3.63, 3.8) is 0 Å². The zero-order valence-corrected chi connectivity index (χ0v) is 12.0. The molecule has 2 aromatic rings. The number of rotatable bonds is 3. The number of carbonyl (C=O) groups is 2. The monoisotopic (exact) mass is 325 g/mol. The number of aromatic carboxylic acids is 1. The first-order valence-corrected chi connectivity index (χ1v) is 6.50. The highest BCUT2D eigenvalue weighted by molar-refractivity contribution is 6.38. The average Bonchev–Trinajstić information content (AvgIpc) is 2.43. The molecule has 2 aromatic carbocycles. The van der Waals surface area contributed by atoms with Crippen LogP contribution in [0, 0.1) is 0 Å². The van der Waals surface area contributed by atoms with E-state index in [1.807, 2.05) is 0 Å². The van der Waals surface area contributed by atoms with E-state index in [0.29, 0.717) is 5.75 Å². The Morgan fingerprint density at radius 1 is 1.00 bits per heavy atom. The molecule has 108 valence electrons. The molecular formula is C14H9Cl2NO4. The van der Waals surface area contributed by atoms with Crippen molar-refractivity contribution in [2.24, 2.45) is 0 Å². The lowest BCUT2D eigenvalue weighted by molar-refractivity contribution is 0.0698. The number of benzene rings is 2. The number of ether oxygens (including phenoxy) is 1. The van der Waals surface area contributed by atoms with E-state index < -0.39 is 12.1 Å². The lowest BCUT2D eigenvalue weighted by Gasteiger charge is -2.11. The number of nitrogens with one attached hydrogen (secondary N) is 1. The largest absolute Gasteiger partial charge is 0.478 e. The molecule has 0 aliphatic carbocycles. The Hall–Kier alpha value is -2.24. The minimum atomic E-state index is -1.31. The fourth-order valence-corrected chi connectivity index (χ4v) is 2.05. The molecule has 2 rings (SSSR count). The zero-order chi connectivity index (χ0) is 15.4. The number of hydrogen-bond acceptors (Lipinski definition) is 3. The first kappa shape index (κ1) is 15.2. The summed E-state index contributed by atoms with van der Waals surface area (Å²) >= 11 is 11.7. The van der Waals surface area contributed by atoms with Crippen molar-refractivity contribution in [3.05, 3.63) is 58.1 Å². The number of hydrogen-bond donors (Lipinski definition) is 2. The smallest absolute Gasteiger partial charge is 0.417 e. The number of anilines is 1. The maximum atomic E-state index is 11.8. The quantitative estimate of drug-likeness (QED) is 0.881. The van der Waals surface area contributed by atoms with Gasteiger partial charge in [-0.3, -0.25) is 5.32 Å². The maximum Gasteiger partial charge on any atom is 0.417 e. The van der Waals surface area contributed by atoms with Crippen LogP contribution in [0.1, 0.15) is 10.4 Å². The normalized spacial score (nSPS) is 10.0. The molecule has 0 aromatic heterocycles. The van der Waals surface area contributed by atoms with E-state index >= 15 is 0 Å². The predicted octanol–water partition coefficient (Wildman–Crippen LogP) is 4.30. The Morgan fingerprint density at radius 3 is 2.24 bits per heavy atom. The number of para-hydroxylation sites is 1. The Balaban J connectivity index is 2.25. The van der Waals surface area contributed by atoms with Gasteiger partial charge in [0.2, 0.25) is 0 Å². The summed E-state index contributed by atoms with van der Waals surface area (Å²) in [5, 5.41) is 11.4. The molecule has 5 nitrogen and oxygen atoms in total. The van der Waals surface area contributed by atoms with Gasteiger partial charge in [0.1, 0.15) is 11.3 Å². The van der Waals surface area contributed by atoms with Gasteiger partial charge in [-0.05, 0) is 24.3 Å². The summed E-state index contributed by atoms with van der Waals surface area (Å²) < 4.78 is 5.00. The van der Waals surface area contributed by atoms with Crippen molar-refractivity contribution >= 4 is 41.0 Å². The molecule has 0 aliphatic rings. The van der Waals surface area contributed by atoms with Crippen LogP contribution in [0.15, 0.2) is 42.5 Å². The Morgan fingerprint density at radius 2 is 1.62 bits per heavy atom. The van der Waals surface area contributed by atoms with Crippen LogP contribution in [0.25, 0.3) is 0 Å². The van der Waals surface area contributed by atoms with Crippen molar-refractivity contribution in [1.29, 1.82) is 0 Å². The summed E-state index contributed by atoms with van der Waals surface area (Å²) in [6.45, 7) is 0. The molecule has 0 spiro atoms. The van der Waals surface area contributed by atoms with Gasteiger partial charge in [0.15, 0.2) is 0 Å². The van der Waals surface area contributed by atoms with E-state index in [1.165, 1.54) is 12.1 Å². The summed E-state index contributed by atoms with van der Waals surface area (Å²) in [5.41, 5.74) is -0.410. The van der Waals surface area contributed by atoms with Gasteiger partial charge in [0.25, 0.3) is 0 Å². The van der Waals surface area contributed by atoms with E-state index in [1.54, 1.807) is 30.3 Å². The predicted molar refractivity (Wildman–Crippen MR) is 79.5 cm³/mol. The van der Waals surface area contributed by atoms with Crippen LogP contribution >= 0.6 is 23.2 Å². The minimum absolute atomic E-state index is 0.0399. The fraction of sp³-hybridized carbons (Fsp3) is 0.